The van der Waals surface area contributed by atoms with Gasteiger partial charge in [0.05, 0.1) is 23.4 Å². The van der Waals surface area contributed by atoms with E-state index in [9.17, 15) is 4.79 Å². The minimum absolute atomic E-state index is 0.0898. The molecule has 144 valence electrons. The number of pyridine rings is 1. The quantitative estimate of drug-likeness (QED) is 0.486. The zero-order chi connectivity index (χ0) is 19.2. The molecule has 1 atom stereocenters. The first-order chi connectivity index (χ1) is 13.1. The van der Waals surface area contributed by atoms with E-state index >= 15 is 0 Å². The Balaban J connectivity index is 1.60. The molecule has 3 rings (SSSR count). The second-order valence-electron chi connectivity index (χ2n) is 6.48. The molecule has 5 N–H and O–H groups in total. The van der Waals surface area contributed by atoms with E-state index in [1.807, 2.05) is 24.3 Å². The zero-order valence-corrected chi connectivity index (χ0v) is 16.3. The van der Waals surface area contributed by atoms with Crippen LogP contribution in [0.25, 0.3) is 21.9 Å². The lowest BCUT2D eigenvalue weighted by molar-refractivity contribution is -0.121. The number of carbonyl (C=O) groups is 1. The third kappa shape index (κ3) is 4.51. The lowest BCUT2D eigenvalue weighted by atomic mass is 10.2. The fourth-order valence-electron chi connectivity index (χ4n) is 3.00. The summed E-state index contributed by atoms with van der Waals surface area (Å²) in [5.41, 5.74) is 14.5. The van der Waals surface area contributed by atoms with Crippen LogP contribution in [0.5, 0.6) is 0 Å². The van der Waals surface area contributed by atoms with Crippen molar-refractivity contribution in [2.24, 2.45) is 5.73 Å². The summed E-state index contributed by atoms with van der Waals surface area (Å²) in [6.07, 6.45) is 3.65. The Bertz CT molecular complexity index is 925. The fourth-order valence-corrected chi connectivity index (χ4v) is 3.86. The molecule has 0 spiro atoms. The number of nitrogens with one attached hydrogen (secondary N) is 1. The summed E-state index contributed by atoms with van der Waals surface area (Å²) in [6.45, 7) is 3.42. The Morgan fingerprint density at radius 1 is 1.37 bits per heavy atom. The van der Waals surface area contributed by atoms with Gasteiger partial charge in [0, 0.05) is 24.2 Å². The summed E-state index contributed by atoms with van der Waals surface area (Å²) in [6, 6.07) is 7.44. The zero-order valence-electron chi connectivity index (χ0n) is 15.5. The second kappa shape index (κ2) is 9.05. The molecular weight excluding hydrogens is 360 g/mol. The first-order valence-electron chi connectivity index (χ1n) is 9.22. The van der Waals surface area contributed by atoms with Crippen molar-refractivity contribution in [3.05, 3.63) is 30.6 Å². The third-order valence-electron chi connectivity index (χ3n) is 4.34. The molecule has 7 nitrogen and oxygen atoms in total. The van der Waals surface area contributed by atoms with E-state index in [1.54, 1.807) is 18.1 Å². The van der Waals surface area contributed by atoms with E-state index in [0.717, 1.165) is 41.6 Å². The molecule has 0 aliphatic heterocycles. The van der Waals surface area contributed by atoms with Crippen LogP contribution in [0, 0.1) is 0 Å². The highest BCUT2D eigenvalue weighted by Crippen LogP contribution is 2.26. The van der Waals surface area contributed by atoms with Crippen molar-refractivity contribution >= 4 is 45.4 Å². The van der Waals surface area contributed by atoms with Crippen LogP contribution < -0.4 is 16.8 Å². The van der Waals surface area contributed by atoms with Gasteiger partial charge < -0.3 is 21.4 Å². The van der Waals surface area contributed by atoms with Gasteiger partial charge in [0.25, 0.3) is 0 Å². The maximum atomic E-state index is 12.0. The van der Waals surface area contributed by atoms with Gasteiger partial charge in [0.1, 0.15) is 5.52 Å². The van der Waals surface area contributed by atoms with E-state index < -0.39 is 6.04 Å². The van der Waals surface area contributed by atoms with Crippen LogP contribution in [0.4, 0.5) is 5.82 Å². The molecular formula is C19H26N6OS. The molecule has 3 aromatic rings. The van der Waals surface area contributed by atoms with Gasteiger partial charge in [-0.3, -0.25) is 4.79 Å². The number of thioether (sulfide) groups is 1. The normalized spacial score (nSPS) is 12.5. The van der Waals surface area contributed by atoms with Gasteiger partial charge in [-0.2, -0.15) is 11.8 Å². The second-order valence-corrected chi connectivity index (χ2v) is 7.63. The van der Waals surface area contributed by atoms with Crippen LogP contribution >= 0.6 is 11.8 Å². The largest absolute Gasteiger partial charge is 0.382 e. The number of carbonyl (C=O) groups excluding carboxylic acids is 1. The first kappa shape index (κ1) is 19.4. The third-order valence-corrected chi connectivity index (χ3v) is 5.63. The van der Waals surface area contributed by atoms with Crippen molar-refractivity contribution in [2.45, 2.75) is 32.4 Å². The van der Waals surface area contributed by atoms with Gasteiger partial charge in [0.15, 0.2) is 5.82 Å². The standard InChI is InChI=1S/C19H26N6OS/c1-2-10-27-11-14(20)19(26)22-8-5-9-25-12-23-16-17(25)13-6-3-4-7-15(13)24-18(16)21/h3-4,6-7,12,14H,2,5,8-11,20H2,1H3,(H2,21,24)(H,22,26)/t14-/m0/s1. The molecule has 0 radical (unpaired) electrons. The summed E-state index contributed by atoms with van der Waals surface area (Å²) in [5.74, 6) is 2.03. The maximum Gasteiger partial charge on any atom is 0.237 e. The predicted molar refractivity (Wildman–Crippen MR) is 113 cm³/mol. The SMILES string of the molecule is CCCSC[C@H](N)C(=O)NCCCn1cnc2c(N)nc3ccccc3c21. The average molecular weight is 387 g/mol. The van der Waals surface area contributed by atoms with Gasteiger partial charge in [-0.05, 0) is 24.7 Å². The van der Waals surface area contributed by atoms with Crippen LogP contribution in [0.3, 0.4) is 0 Å². The highest BCUT2D eigenvalue weighted by molar-refractivity contribution is 7.99. The molecule has 0 fully saturated rings. The lowest BCUT2D eigenvalue weighted by Gasteiger charge is -2.12. The Morgan fingerprint density at radius 2 is 2.19 bits per heavy atom. The molecule has 8 heteroatoms. The molecule has 1 amide bonds. The molecule has 0 bridgehead atoms. The average Bonchev–Trinajstić information content (AvgIpc) is 3.10. The molecule has 0 aliphatic rings. The van der Waals surface area contributed by atoms with Crippen LogP contribution in [0.2, 0.25) is 0 Å². The number of nitrogen functional groups attached to an aromatic ring is 1. The summed E-state index contributed by atoms with van der Waals surface area (Å²) in [7, 11) is 0. The smallest absolute Gasteiger partial charge is 0.237 e. The topological polar surface area (TPSA) is 112 Å². The van der Waals surface area contributed by atoms with Crippen molar-refractivity contribution < 1.29 is 4.79 Å². The van der Waals surface area contributed by atoms with Gasteiger partial charge in [-0.1, -0.05) is 25.1 Å². The summed E-state index contributed by atoms with van der Waals surface area (Å²) in [4.78, 5) is 20.9. The van der Waals surface area contributed by atoms with E-state index in [1.165, 1.54) is 0 Å². The van der Waals surface area contributed by atoms with Crippen LogP contribution in [-0.4, -0.2) is 44.5 Å². The van der Waals surface area contributed by atoms with Crippen molar-refractivity contribution in [3.63, 3.8) is 0 Å². The number of imidazole rings is 1. The Kier molecular flexibility index (Phi) is 6.52. The van der Waals surface area contributed by atoms with E-state index in [0.29, 0.717) is 23.6 Å². The minimum atomic E-state index is -0.453. The summed E-state index contributed by atoms with van der Waals surface area (Å²) < 4.78 is 2.07. The van der Waals surface area contributed by atoms with E-state index in [4.69, 9.17) is 11.5 Å². The Labute approximate surface area is 162 Å². The van der Waals surface area contributed by atoms with E-state index in [2.05, 4.69) is 26.8 Å². The van der Waals surface area contributed by atoms with Gasteiger partial charge in [-0.25, -0.2) is 9.97 Å². The molecule has 27 heavy (non-hydrogen) atoms. The number of aryl methyl sites for hydroxylation is 1. The number of para-hydroxylation sites is 1. The highest BCUT2D eigenvalue weighted by Gasteiger charge is 2.14. The molecule has 1 aromatic carbocycles. The number of anilines is 1. The summed E-state index contributed by atoms with van der Waals surface area (Å²) >= 11 is 1.71. The van der Waals surface area contributed by atoms with Crippen molar-refractivity contribution in [1.29, 1.82) is 0 Å². The number of hydrogen-bond acceptors (Lipinski definition) is 6. The number of amides is 1. The number of aromatic nitrogens is 3. The molecule has 0 saturated carbocycles. The van der Waals surface area contributed by atoms with Crippen LogP contribution in [0.1, 0.15) is 19.8 Å². The molecule has 0 aliphatic carbocycles. The minimum Gasteiger partial charge on any atom is -0.382 e. The molecule has 2 heterocycles. The van der Waals surface area contributed by atoms with Crippen molar-refractivity contribution in [1.82, 2.24) is 19.9 Å². The Morgan fingerprint density at radius 3 is 3.00 bits per heavy atom. The van der Waals surface area contributed by atoms with Gasteiger partial charge >= 0.3 is 0 Å². The maximum absolute atomic E-state index is 12.0. The molecule has 2 aromatic heterocycles. The Hall–Kier alpha value is -2.32. The molecule has 0 unspecified atom stereocenters. The number of nitrogens with zero attached hydrogens (tertiary/aromatic N) is 3. The molecule has 0 saturated heterocycles. The van der Waals surface area contributed by atoms with Crippen LogP contribution in [-0.2, 0) is 11.3 Å². The number of hydrogen-bond donors (Lipinski definition) is 3. The fraction of sp³-hybridized carbons (Fsp3) is 0.421. The summed E-state index contributed by atoms with van der Waals surface area (Å²) in [5, 5.41) is 3.95. The lowest BCUT2D eigenvalue weighted by Crippen LogP contribution is -2.42. The van der Waals surface area contributed by atoms with E-state index in [-0.39, 0.29) is 5.91 Å². The van der Waals surface area contributed by atoms with Gasteiger partial charge in [0.2, 0.25) is 5.91 Å². The van der Waals surface area contributed by atoms with Crippen molar-refractivity contribution in [3.8, 4) is 0 Å². The van der Waals surface area contributed by atoms with Gasteiger partial charge in [-0.15, -0.1) is 0 Å². The predicted octanol–water partition coefficient (Wildman–Crippen LogP) is 2.14. The monoisotopic (exact) mass is 386 g/mol. The van der Waals surface area contributed by atoms with Crippen LogP contribution in [0.15, 0.2) is 30.6 Å². The first-order valence-corrected chi connectivity index (χ1v) is 10.4. The highest BCUT2D eigenvalue weighted by atomic mass is 32.2. The number of fused-ring (bicyclic) bond motifs is 3. The van der Waals surface area contributed by atoms with Crippen molar-refractivity contribution in [2.75, 3.05) is 23.8 Å². The number of nitrogens with two attached hydrogens (primary N) is 2. The number of rotatable bonds is 9. The number of benzene rings is 1.